The van der Waals surface area contributed by atoms with E-state index in [0.717, 1.165) is 0 Å². The van der Waals surface area contributed by atoms with Gasteiger partial charge in [-0.25, -0.2) is 4.79 Å². The highest BCUT2D eigenvalue weighted by atomic mass is 32.2. The van der Waals surface area contributed by atoms with Gasteiger partial charge in [0.15, 0.2) is 0 Å². The van der Waals surface area contributed by atoms with Crippen LogP contribution in [0.15, 0.2) is 21.7 Å². The number of carbonyl (C=O) groups is 3. The van der Waals surface area contributed by atoms with Crippen molar-refractivity contribution < 1.29 is 28.4 Å². The van der Waals surface area contributed by atoms with Crippen LogP contribution in [0.4, 0.5) is 4.79 Å². The van der Waals surface area contributed by atoms with Gasteiger partial charge in [0.2, 0.25) is 17.3 Å². The second-order valence-electron chi connectivity index (χ2n) is 4.15. The van der Waals surface area contributed by atoms with Crippen LogP contribution < -0.4 is 5.32 Å². The molecule has 118 valence electrons. The molecule has 2 rings (SSSR count). The van der Waals surface area contributed by atoms with Crippen molar-refractivity contribution in [1.29, 1.82) is 0 Å². The summed E-state index contributed by atoms with van der Waals surface area (Å²) >= 11 is 1.23. The van der Waals surface area contributed by atoms with Crippen molar-refractivity contribution in [3.05, 3.63) is 28.5 Å². The van der Waals surface area contributed by atoms with Gasteiger partial charge in [-0.15, -0.1) is 11.8 Å². The number of Topliss-reactive ketones (excluding diaryl/α,β-unsaturated/α-hetero) is 1. The molecule has 1 N–H and O–H groups in total. The zero-order valence-electron chi connectivity index (χ0n) is 11.8. The molecule has 1 aromatic heterocycles. The average Bonchev–Trinajstić information content (AvgIpc) is 3.01. The minimum atomic E-state index is -0.515. The summed E-state index contributed by atoms with van der Waals surface area (Å²) in [5.41, 5.74) is 0.193. The lowest BCUT2D eigenvalue weighted by Crippen LogP contribution is -2.27. The Kier molecular flexibility index (Phi) is 5.73. The molecule has 0 saturated heterocycles. The predicted molar refractivity (Wildman–Crippen MR) is 76.9 cm³/mol. The lowest BCUT2D eigenvalue weighted by molar-refractivity contribution is 0.0967. The number of amides is 1. The van der Waals surface area contributed by atoms with Crippen molar-refractivity contribution in [3.8, 4) is 0 Å². The molecular weight excluding hydrogens is 312 g/mol. The van der Waals surface area contributed by atoms with Crippen molar-refractivity contribution in [2.75, 3.05) is 32.6 Å². The van der Waals surface area contributed by atoms with Crippen LogP contribution in [0.1, 0.15) is 20.9 Å². The minimum absolute atomic E-state index is 0.0144. The van der Waals surface area contributed by atoms with E-state index in [4.69, 9.17) is 9.26 Å². The molecule has 8 nitrogen and oxygen atoms in total. The van der Waals surface area contributed by atoms with Gasteiger partial charge in [-0.1, -0.05) is 5.16 Å². The van der Waals surface area contributed by atoms with Gasteiger partial charge in [0.1, 0.15) is 0 Å². The van der Waals surface area contributed by atoms with E-state index < -0.39 is 6.09 Å². The van der Waals surface area contributed by atoms with E-state index in [9.17, 15) is 14.4 Å². The van der Waals surface area contributed by atoms with Crippen molar-refractivity contribution in [2.45, 2.75) is 0 Å². The number of aromatic nitrogens is 1. The molecule has 1 aliphatic carbocycles. The van der Waals surface area contributed by atoms with Crippen molar-refractivity contribution in [1.82, 2.24) is 10.5 Å². The standard InChI is InChI=1S/C13H14N2O6S/c1-19-13(18)14-2-3-20-4-5-22-10-6-9(16)12-8(11(10)17)7-15-21-12/h6-7H,2-5H2,1H3,(H,14,18). The zero-order chi connectivity index (χ0) is 15.9. The van der Waals surface area contributed by atoms with E-state index in [2.05, 4.69) is 15.2 Å². The maximum absolute atomic E-state index is 12.1. The molecule has 0 fully saturated rings. The van der Waals surface area contributed by atoms with Gasteiger partial charge in [-0.2, -0.15) is 0 Å². The molecule has 0 spiro atoms. The van der Waals surface area contributed by atoms with Crippen LogP contribution in [0.25, 0.3) is 0 Å². The number of allylic oxidation sites excluding steroid dienone is 2. The quantitative estimate of drug-likeness (QED) is 0.741. The van der Waals surface area contributed by atoms with Gasteiger partial charge in [0.05, 0.1) is 37.0 Å². The smallest absolute Gasteiger partial charge is 0.406 e. The van der Waals surface area contributed by atoms with Gasteiger partial charge in [0, 0.05) is 18.4 Å². The number of fused-ring (bicyclic) bond motifs is 1. The molecule has 1 aromatic rings. The summed E-state index contributed by atoms with van der Waals surface area (Å²) in [6, 6.07) is 0. The third-order valence-electron chi connectivity index (χ3n) is 2.71. The Morgan fingerprint density at radius 2 is 2.23 bits per heavy atom. The Balaban J connectivity index is 1.69. The Morgan fingerprint density at radius 1 is 1.41 bits per heavy atom. The molecule has 22 heavy (non-hydrogen) atoms. The Hall–Kier alpha value is -2.13. The maximum atomic E-state index is 12.1. The van der Waals surface area contributed by atoms with Gasteiger partial charge < -0.3 is 19.3 Å². The largest absolute Gasteiger partial charge is 0.453 e. The molecule has 1 heterocycles. The monoisotopic (exact) mass is 326 g/mol. The van der Waals surface area contributed by atoms with E-state index in [1.807, 2.05) is 0 Å². The van der Waals surface area contributed by atoms with E-state index >= 15 is 0 Å². The summed E-state index contributed by atoms with van der Waals surface area (Å²) in [7, 11) is 1.28. The molecule has 0 aromatic carbocycles. The first kappa shape index (κ1) is 16.2. The number of hydrogen-bond acceptors (Lipinski definition) is 8. The minimum Gasteiger partial charge on any atom is -0.453 e. The number of carbonyl (C=O) groups excluding carboxylic acids is 3. The van der Waals surface area contributed by atoms with Crippen LogP contribution in [0, 0.1) is 0 Å². The van der Waals surface area contributed by atoms with Crippen molar-refractivity contribution in [2.24, 2.45) is 0 Å². The molecule has 9 heteroatoms. The fourth-order valence-corrected chi connectivity index (χ4v) is 2.53. The number of thioether (sulfide) groups is 1. The Labute approximate surface area is 130 Å². The Bertz CT molecular complexity index is 609. The van der Waals surface area contributed by atoms with Gasteiger partial charge in [-0.05, 0) is 0 Å². The fourth-order valence-electron chi connectivity index (χ4n) is 1.68. The number of nitrogens with one attached hydrogen (secondary N) is 1. The topological polar surface area (TPSA) is 108 Å². The average molecular weight is 326 g/mol. The number of rotatable bonds is 7. The number of ketones is 2. The number of methoxy groups -OCH3 is 1. The second-order valence-corrected chi connectivity index (χ2v) is 5.29. The number of ether oxygens (including phenoxy) is 2. The highest BCUT2D eigenvalue weighted by molar-refractivity contribution is 8.04. The molecule has 1 aliphatic rings. The summed E-state index contributed by atoms with van der Waals surface area (Å²) in [5.74, 6) is -0.144. The third-order valence-corrected chi connectivity index (χ3v) is 3.70. The molecule has 0 atom stereocenters. The van der Waals surface area contributed by atoms with Crippen molar-refractivity contribution >= 4 is 29.4 Å². The van der Waals surface area contributed by atoms with E-state index in [1.165, 1.54) is 31.1 Å². The molecule has 0 radical (unpaired) electrons. The predicted octanol–water partition coefficient (Wildman–Crippen LogP) is 1.04. The first-order valence-electron chi connectivity index (χ1n) is 6.41. The third kappa shape index (κ3) is 3.95. The summed E-state index contributed by atoms with van der Waals surface area (Å²) in [5, 5.41) is 5.93. The first-order valence-corrected chi connectivity index (χ1v) is 7.39. The van der Waals surface area contributed by atoms with Crippen LogP contribution in [-0.4, -0.2) is 55.4 Å². The highest BCUT2D eigenvalue weighted by Crippen LogP contribution is 2.27. The van der Waals surface area contributed by atoms with Crippen LogP contribution in [0.2, 0.25) is 0 Å². The van der Waals surface area contributed by atoms with E-state index in [-0.39, 0.29) is 22.9 Å². The SMILES string of the molecule is COC(=O)NCCOCCSC1=CC(=O)c2oncc2C1=O. The van der Waals surface area contributed by atoms with Crippen LogP contribution >= 0.6 is 11.8 Å². The zero-order valence-corrected chi connectivity index (χ0v) is 12.6. The van der Waals surface area contributed by atoms with Gasteiger partial charge in [0.25, 0.3) is 0 Å². The fraction of sp³-hybridized carbons (Fsp3) is 0.385. The van der Waals surface area contributed by atoms with Crippen LogP contribution in [0.3, 0.4) is 0 Å². The molecule has 0 aliphatic heterocycles. The van der Waals surface area contributed by atoms with Crippen molar-refractivity contribution in [3.63, 3.8) is 0 Å². The molecule has 1 amide bonds. The van der Waals surface area contributed by atoms with E-state index in [0.29, 0.717) is 30.4 Å². The van der Waals surface area contributed by atoms with Crippen LogP contribution in [0.5, 0.6) is 0 Å². The number of alkyl carbamates (subject to hydrolysis) is 1. The Morgan fingerprint density at radius 3 is 3.00 bits per heavy atom. The summed E-state index contributed by atoms with van der Waals surface area (Å²) < 4.78 is 14.4. The summed E-state index contributed by atoms with van der Waals surface area (Å²) in [6.07, 6.45) is 1.98. The van der Waals surface area contributed by atoms with Gasteiger partial charge in [-0.3, -0.25) is 9.59 Å². The lowest BCUT2D eigenvalue weighted by Gasteiger charge is -2.09. The normalized spacial score (nSPS) is 13.6. The summed E-state index contributed by atoms with van der Waals surface area (Å²) in [6.45, 7) is 1.04. The molecule has 0 unspecified atom stereocenters. The lowest BCUT2D eigenvalue weighted by atomic mass is 10.0. The number of nitrogens with zero attached hydrogens (tertiary/aromatic N) is 1. The highest BCUT2D eigenvalue weighted by Gasteiger charge is 2.29. The first-order chi connectivity index (χ1) is 10.6. The maximum Gasteiger partial charge on any atom is 0.406 e. The molecule has 0 saturated carbocycles. The van der Waals surface area contributed by atoms with Gasteiger partial charge >= 0.3 is 6.09 Å². The molecule has 0 bridgehead atoms. The van der Waals surface area contributed by atoms with E-state index in [1.54, 1.807) is 0 Å². The molecular formula is C13H14N2O6S. The number of hydrogen-bond donors (Lipinski definition) is 1. The second kappa shape index (κ2) is 7.76. The van der Waals surface area contributed by atoms with Crippen LogP contribution in [-0.2, 0) is 9.47 Å². The summed E-state index contributed by atoms with van der Waals surface area (Å²) in [4.78, 5) is 34.9.